The Balaban J connectivity index is -0.000000218. The third-order valence-electron chi connectivity index (χ3n) is 2.04. The Kier molecular flexibility index (Phi) is 22.6. The fourth-order valence-electron chi connectivity index (χ4n) is 0.964. The van der Waals surface area contributed by atoms with Crippen LogP contribution in [0.3, 0.4) is 0 Å². The molecule has 17 heavy (non-hydrogen) atoms. The summed E-state index contributed by atoms with van der Waals surface area (Å²) in [5, 5.41) is 0. The smallest absolute Gasteiger partial charge is 0 e. The van der Waals surface area contributed by atoms with Crippen molar-refractivity contribution in [2.24, 2.45) is 0 Å². The average molecular weight is 548 g/mol. The normalized spacial score (nSPS) is 8.24. The van der Waals surface area contributed by atoms with Gasteiger partial charge in [-0.15, -0.1) is 0 Å². The molecule has 0 spiro atoms. The molecule has 0 fully saturated rings. The summed E-state index contributed by atoms with van der Waals surface area (Å²) in [6.45, 7) is 12.8. The summed E-state index contributed by atoms with van der Waals surface area (Å²) in [6, 6.07) is 0. The second kappa shape index (κ2) is 16.0. The first kappa shape index (κ1) is 24.0. The van der Waals surface area contributed by atoms with Gasteiger partial charge in [0.2, 0.25) is 0 Å². The van der Waals surface area contributed by atoms with Gasteiger partial charge in [-0.25, -0.2) is 0 Å². The van der Waals surface area contributed by atoms with Gasteiger partial charge >= 0.3 is 134 Å². The molecule has 0 aliphatic heterocycles. The van der Waals surface area contributed by atoms with Crippen LogP contribution in [-0.4, -0.2) is 106 Å². The zero-order chi connectivity index (χ0) is 13.1. The maximum Gasteiger partial charge on any atom is 0 e. The standard InChI is InChI=1S/2C5H10NSe2.Cu/c2*1-3-6(4-2)5(7)8;/h2*3-4H2,1-2H3;. The largest absolute Gasteiger partial charge is 0 e. The van der Waals surface area contributed by atoms with Crippen molar-refractivity contribution in [2.75, 3.05) is 26.2 Å². The summed E-state index contributed by atoms with van der Waals surface area (Å²) < 4.78 is 2.32. The van der Waals surface area contributed by atoms with E-state index < -0.39 is 0 Å². The zero-order valence-electron chi connectivity index (χ0n) is 10.7. The number of nitrogens with zero attached hydrogens (tertiary/aromatic N) is 2. The van der Waals surface area contributed by atoms with Crippen LogP contribution in [0.15, 0.2) is 0 Å². The van der Waals surface area contributed by atoms with Crippen LogP contribution in [0.25, 0.3) is 0 Å². The minimum absolute atomic E-state index is 0. The molecule has 0 aliphatic rings. The summed E-state index contributed by atoms with van der Waals surface area (Å²) in [5.74, 6) is 0. The van der Waals surface area contributed by atoms with E-state index in [1.165, 1.54) is 0 Å². The van der Waals surface area contributed by atoms with Crippen LogP contribution in [0.5, 0.6) is 0 Å². The van der Waals surface area contributed by atoms with E-state index >= 15 is 0 Å². The minimum Gasteiger partial charge on any atom is 0 e. The predicted octanol–water partition coefficient (Wildman–Crippen LogP) is -0.497. The van der Waals surface area contributed by atoms with Gasteiger partial charge in [0.15, 0.2) is 0 Å². The Morgan fingerprint density at radius 2 is 0.882 bits per heavy atom. The third kappa shape index (κ3) is 14.2. The maximum atomic E-state index is 2.93. The van der Waals surface area contributed by atoms with E-state index in [0.717, 1.165) is 33.1 Å². The van der Waals surface area contributed by atoms with Crippen molar-refractivity contribution in [3.05, 3.63) is 0 Å². The van der Waals surface area contributed by atoms with Crippen LogP contribution in [0.1, 0.15) is 27.7 Å². The third-order valence-corrected chi connectivity index (χ3v) is 4.21. The van der Waals surface area contributed by atoms with Crippen LogP contribution in [0, 0.1) is 0 Å². The second-order valence-electron chi connectivity index (χ2n) is 2.88. The molecule has 0 amide bonds. The van der Waals surface area contributed by atoms with E-state index in [4.69, 9.17) is 0 Å². The Labute approximate surface area is 149 Å². The van der Waals surface area contributed by atoms with Gasteiger partial charge < -0.3 is 0 Å². The molecule has 0 heterocycles. The van der Waals surface area contributed by atoms with Gasteiger partial charge in [0.1, 0.15) is 0 Å². The Hall–Kier alpha value is 1.94. The first-order valence-electron chi connectivity index (χ1n) is 5.36. The first-order valence-corrected chi connectivity index (χ1v) is 8.78. The Morgan fingerprint density at radius 3 is 0.882 bits per heavy atom. The van der Waals surface area contributed by atoms with Crippen molar-refractivity contribution in [3.8, 4) is 0 Å². The van der Waals surface area contributed by atoms with E-state index in [9.17, 15) is 0 Å². The first-order chi connectivity index (χ1) is 7.44. The van der Waals surface area contributed by atoms with Crippen molar-refractivity contribution in [1.29, 1.82) is 0 Å². The van der Waals surface area contributed by atoms with Crippen LogP contribution in [-0.2, 0) is 17.1 Å². The van der Waals surface area contributed by atoms with E-state index in [2.05, 4.69) is 101 Å². The van der Waals surface area contributed by atoms with Gasteiger partial charge in [0.25, 0.3) is 0 Å². The molecule has 0 aromatic rings. The van der Waals surface area contributed by atoms with Gasteiger partial charge in [-0.3, -0.25) is 0 Å². The summed E-state index contributed by atoms with van der Waals surface area (Å²) in [5.41, 5.74) is 0. The number of hydrogen-bond acceptors (Lipinski definition) is 2. The molecule has 2 nitrogen and oxygen atoms in total. The summed E-state index contributed by atoms with van der Waals surface area (Å²) in [6.07, 6.45) is 0. The zero-order valence-corrected chi connectivity index (χ0v) is 18.5. The SMILES string of the molecule is CCN(CC)C([Se])=[Se].CCN(CC)C([Se])=[Se].[Cu]. The van der Waals surface area contributed by atoms with Gasteiger partial charge in [-0.2, -0.15) is 0 Å². The molecule has 0 aliphatic carbocycles. The molecule has 0 aromatic heterocycles. The Bertz CT molecular complexity index is 184. The molecule has 0 N–H and O–H groups in total. The quantitative estimate of drug-likeness (QED) is 0.414. The molecule has 0 atom stereocenters. The predicted molar refractivity (Wildman–Crippen MR) is 78.9 cm³/mol. The van der Waals surface area contributed by atoms with Crippen LogP contribution in [0.2, 0.25) is 0 Å². The molecule has 0 unspecified atom stereocenters. The van der Waals surface area contributed by atoms with Crippen LogP contribution in [0.4, 0.5) is 0 Å². The van der Waals surface area contributed by atoms with Gasteiger partial charge in [-0.1, -0.05) is 0 Å². The van der Waals surface area contributed by atoms with Crippen molar-refractivity contribution in [1.82, 2.24) is 9.80 Å². The van der Waals surface area contributed by atoms with E-state index in [1.807, 2.05) is 0 Å². The fraction of sp³-hybridized carbons (Fsp3) is 0.800. The second-order valence-corrected chi connectivity index (χ2v) is 8.74. The molecule has 0 rings (SSSR count). The molecule has 0 bridgehead atoms. The average Bonchev–Trinajstić information content (AvgIpc) is 2.21. The molecular formula is C10H20CuN2Se4. The molecule has 7 heteroatoms. The van der Waals surface area contributed by atoms with E-state index in [1.54, 1.807) is 0 Å². The molecule has 105 valence electrons. The molecule has 0 aromatic carbocycles. The van der Waals surface area contributed by atoms with Crippen LogP contribution < -0.4 is 0 Å². The Morgan fingerprint density at radius 1 is 0.706 bits per heavy atom. The molecule has 0 saturated heterocycles. The fourth-order valence-corrected chi connectivity index (χ4v) is 3.13. The summed E-state index contributed by atoms with van der Waals surface area (Å²) >= 11 is 11.7. The monoisotopic (exact) mass is 551 g/mol. The van der Waals surface area contributed by atoms with Crippen LogP contribution >= 0.6 is 0 Å². The maximum absolute atomic E-state index is 2.93. The topological polar surface area (TPSA) is 6.48 Å². The molecule has 0 saturated carbocycles. The van der Waals surface area contributed by atoms with Crippen molar-refractivity contribution in [2.45, 2.75) is 27.7 Å². The minimum atomic E-state index is 0. The van der Waals surface area contributed by atoms with E-state index in [0.29, 0.717) is 0 Å². The van der Waals surface area contributed by atoms with Gasteiger partial charge in [0.05, 0.1) is 0 Å². The summed E-state index contributed by atoms with van der Waals surface area (Å²) in [4.78, 5) is 4.44. The van der Waals surface area contributed by atoms with Crippen molar-refractivity contribution in [3.63, 3.8) is 0 Å². The van der Waals surface area contributed by atoms with Crippen molar-refractivity contribution < 1.29 is 17.1 Å². The molecule has 3 radical (unpaired) electrons. The van der Waals surface area contributed by atoms with E-state index in [-0.39, 0.29) is 17.1 Å². The van der Waals surface area contributed by atoms with Gasteiger partial charge in [-0.05, 0) is 0 Å². The number of rotatable bonds is 6. The molecular weight excluding hydrogens is 528 g/mol. The summed E-state index contributed by atoms with van der Waals surface area (Å²) in [7, 11) is 0. The number of hydrogen-bond donors (Lipinski definition) is 0. The van der Waals surface area contributed by atoms with Gasteiger partial charge in [0, 0.05) is 17.1 Å². The van der Waals surface area contributed by atoms with Crippen molar-refractivity contribution >= 4 is 70.1 Å².